The zero-order chi connectivity index (χ0) is 49.1. The van der Waals surface area contributed by atoms with Gasteiger partial charge in [-0.05, 0) is 217 Å². The third-order valence-corrected chi connectivity index (χ3v) is 21.9. The van der Waals surface area contributed by atoms with Crippen LogP contribution < -0.4 is 0 Å². The Balaban J connectivity index is 0.00000543. The van der Waals surface area contributed by atoms with Gasteiger partial charge < -0.3 is 9.97 Å². The van der Waals surface area contributed by atoms with Crippen molar-refractivity contribution < 1.29 is 16.8 Å². The van der Waals surface area contributed by atoms with Crippen molar-refractivity contribution in [3.05, 3.63) is 211 Å². The molecule has 0 saturated heterocycles. The van der Waals surface area contributed by atoms with E-state index in [1.807, 2.05) is 0 Å². The van der Waals surface area contributed by atoms with Gasteiger partial charge in [-0.2, -0.15) is 0 Å². The number of hydrogen-bond donors (Lipinski definition) is 2. The molecule has 0 fully saturated rings. The monoisotopic (exact) mass is 1500 g/mol. The van der Waals surface area contributed by atoms with Gasteiger partial charge in [0.15, 0.2) is 0 Å². The predicted octanol–water partition coefficient (Wildman–Crippen LogP) is 21.9. The largest absolute Gasteiger partial charge is 2.00 e. The Morgan fingerprint density at radius 3 is 0.685 bits per heavy atom. The molecule has 0 aliphatic carbocycles. The third kappa shape index (κ3) is 8.31. The van der Waals surface area contributed by atoms with Gasteiger partial charge in [0.2, 0.25) is 0 Å². The third-order valence-electron chi connectivity index (χ3n) is 13.5. The first-order valence-electron chi connectivity index (χ1n) is 22.7. The molecule has 0 atom stereocenters. The minimum Gasteiger partial charge on any atom is -0.352 e. The van der Waals surface area contributed by atoms with Crippen LogP contribution in [-0.4, -0.2) is 19.9 Å². The Labute approximate surface area is 496 Å². The first-order chi connectivity index (χ1) is 35.0. The Morgan fingerprint density at radius 1 is 0.260 bits per heavy atom. The molecule has 1 radical (unpaired) electrons. The van der Waals surface area contributed by atoms with Crippen molar-refractivity contribution in [1.82, 2.24) is 19.9 Å². The van der Waals surface area contributed by atoms with Crippen LogP contribution in [0.15, 0.2) is 188 Å². The molecular formula is C60H30Br8CoN4+2. The molecule has 13 heteroatoms. The van der Waals surface area contributed by atoms with Crippen molar-refractivity contribution in [3.8, 4) is 44.5 Å². The van der Waals surface area contributed by atoms with Crippen LogP contribution >= 0.6 is 127 Å². The van der Waals surface area contributed by atoms with E-state index >= 15 is 0 Å². The van der Waals surface area contributed by atoms with E-state index < -0.39 is 0 Å². The number of nitrogens with one attached hydrogen (secondary N) is 2. The Hall–Kier alpha value is -4.25. The van der Waals surface area contributed by atoms with Gasteiger partial charge in [0.05, 0.1) is 80.7 Å². The molecular weight excluding hydrogens is 1470 g/mol. The minimum atomic E-state index is 0. The van der Waals surface area contributed by atoms with Crippen LogP contribution in [0.5, 0.6) is 0 Å². The smallest absolute Gasteiger partial charge is 0.352 e. The summed E-state index contributed by atoms with van der Waals surface area (Å²) in [5, 5.41) is 9.01. The number of nitrogens with zero attached hydrogens (tertiary/aromatic N) is 2. The molecule has 0 spiro atoms. The summed E-state index contributed by atoms with van der Waals surface area (Å²) in [6.45, 7) is 0. The average molecular weight is 1510 g/mol. The van der Waals surface area contributed by atoms with Crippen LogP contribution in [0, 0.1) is 0 Å². The van der Waals surface area contributed by atoms with Crippen LogP contribution in [0.25, 0.3) is 128 Å². The molecule has 3 aromatic heterocycles. The molecule has 5 heterocycles. The number of hydrogen-bond acceptors (Lipinski definition) is 2. The molecule has 0 unspecified atom stereocenters. The molecule has 13 rings (SSSR count). The predicted molar refractivity (Wildman–Crippen MR) is 333 cm³/mol. The fourth-order valence-corrected chi connectivity index (χ4v) is 14.0. The van der Waals surface area contributed by atoms with E-state index in [1.54, 1.807) is 0 Å². The van der Waals surface area contributed by atoms with Gasteiger partial charge in [-0.15, -0.1) is 0 Å². The topological polar surface area (TPSA) is 57.4 Å². The maximum absolute atomic E-state index is 5.76. The van der Waals surface area contributed by atoms with Gasteiger partial charge in [0, 0.05) is 22.3 Å². The van der Waals surface area contributed by atoms with E-state index in [1.165, 1.54) is 0 Å². The summed E-state index contributed by atoms with van der Waals surface area (Å²) in [5.41, 5.74) is 13.8. The Morgan fingerprint density at radius 2 is 0.466 bits per heavy atom. The molecule has 11 aromatic rings. The Bertz CT molecular complexity index is 3900. The average Bonchev–Trinajstić information content (AvgIpc) is 4.07. The second kappa shape index (κ2) is 19.7. The number of benzene rings is 8. The number of aromatic amines is 2. The van der Waals surface area contributed by atoms with Gasteiger partial charge in [0.25, 0.3) is 0 Å². The van der Waals surface area contributed by atoms with Crippen LogP contribution in [0.2, 0.25) is 0 Å². The fraction of sp³-hybridized carbons (Fsp3) is 0. The maximum Gasteiger partial charge on any atom is 2.00 e. The fourth-order valence-electron chi connectivity index (χ4n) is 10.1. The summed E-state index contributed by atoms with van der Waals surface area (Å²) in [4.78, 5) is 19.5. The van der Waals surface area contributed by atoms with Crippen LogP contribution in [0.1, 0.15) is 22.8 Å². The van der Waals surface area contributed by atoms with E-state index in [2.05, 4.69) is 307 Å². The molecule has 73 heavy (non-hydrogen) atoms. The van der Waals surface area contributed by atoms with Crippen molar-refractivity contribution in [3.63, 3.8) is 0 Å². The van der Waals surface area contributed by atoms with Crippen LogP contribution in [-0.2, 0) is 16.8 Å². The number of H-pyrrole nitrogens is 2. The van der Waals surface area contributed by atoms with Gasteiger partial charge in [0.1, 0.15) is 0 Å². The molecule has 0 saturated carbocycles. The van der Waals surface area contributed by atoms with Crippen molar-refractivity contribution in [2.24, 2.45) is 0 Å². The molecule has 8 aromatic carbocycles. The van der Waals surface area contributed by atoms with Crippen molar-refractivity contribution in [1.29, 1.82) is 0 Å². The van der Waals surface area contributed by atoms with Crippen molar-refractivity contribution in [2.75, 3.05) is 0 Å². The number of rotatable bonds is 4. The summed E-state index contributed by atoms with van der Waals surface area (Å²) in [6, 6.07) is 60.2. The van der Waals surface area contributed by atoms with Gasteiger partial charge >= 0.3 is 16.8 Å². The first kappa shape index (κ1) is 49.6. The van der Waals surface area contributed by atoms with E-state index in [0.29, 0.717) is 0 Å². The Kier molecular flexibility index (Phi) is 13.4. The standard InChI is InChI=1S/C60H30Br8N4.Co/c61-45-47(63)55-42(38-22-18-30-10-2-6-14-34(30)26-38)57-49(65)51(67)59(71-57)44(40-24-20-32-12-4-8-16-36(32)28-40)60-52(68)50(66)58(72-60)43(39-23-19-31-11-3-7-15-35(31)27-39)56-48(64)46(62)54(70-56)41(53(45)69-55)37-21-17-29-9-1-5-13-33(29)25-37;/h1-28,69,72H;/q;+2. The van der Waals surface area contributed by atoms with E-state index in [-0.39, 0.29) is 16.8 Å². The summed E-state index contributed by atoms with van der Waals surface area (Å²) >= 11 is 33.2. The number of halogens is 8. The summed E-state index contributed by atoms with van der Waals surface area (Å²) in [7, 11) is 0. The van der Waals surface area contributed by atoms with Crippen LogP contribution in [0.3, 0.4) is 0 Å². The molecule has 0 amide bonds. The molecule has 8 bridgehead atoms. The quantitative estimate of drug-likeness (QED) is 0.184. The number of aromatic nitrogens is 4. The molecule has 2 aliphatic heterocycles. The van der Waals surface area contributed by atoms with Gasteiger partial charge in [-0.25, -0.2) is 9.97 Å². The van der Waals surface area contributed by atoms with E-state index in [4.69, 9.17) is 9.97 Å². The maximum atomic E-state index is 5.76. The molecule has 353 valence electrons. The second-order valence-corrected chi connectivity index (χ2v) is 24.0. The SMILES string of the molecule is BrC1=C(Br)c2nc1c(-c1ccc3ccccc3c1)c1[nH]c(c(Br)c1Br)c(-c1ccc3ccccc3c1)c1nc(c(-c3ccc4ccccc4c3)c3[nH]c(c(Br)c3Br)c2-c2ccc3ccccc3c2)C(Br)=C1Br.[Co+2]. The van der Waals surface area contributed by atoms with Gasteiger partial charge in [-0.1, -0.05) is 146 Å². The molecule has 4 nitrogen and oxygen atoms in total. The molecule has 2 aliphatic rings. The van der Waals surface area contributed by atoms with Crippen molar-refractivity contribution in [2.45, 2.75) is 0 Å². The summed E-state index contributed by atoms with van der Waals surface area (Å²) in [5.74, 6) is 0. The van der Waals surface area contributed by atoms with E-state index in [0.717, 1.165) is 168 Å². The number of fused-ring (bicyclic) bond motifs is 12. The zero-order valence-corrected chi connectivity index (χ0v) is 51.1. The summed E-state index contributed by atoms with van der Waals surface area (Å²) < 4.78 is 6.56. The normalized spacial score (nSPS) is 12.7. The zero-order valence-electron chi connectivity index (χ0n) is 37.4. The minimum absolute atomic E-state index is 0. The summed E-state index contributed by atoms with van der Waals surface area (Å²) in [6.07, 6.45) is 0. The molecule has 2 N–H and O–H groups in total. The second-order valence-electron chi connectivity index (χ2n) is 17.6. The van der Waals surface area contributed by atoms with Gasteiger partial charge in [-0.3, -0.25) is 0 Å². The first-order valence-corrected chi connectivity index (χ1v) is 29.0. The van der Waals surface area contributed by atoms with Crippen LogP contribution in [0.4, 0.5) is 0 Å². The van der Waals surface area contributed by atoms with E-state index in [9.17, 15) is 0 Å². The van der Waals surface area contributed by atoms with Crippen molar-refractivity contribution >= 4 is 211 Å².